The van der Waals surface area contributed by atoms with Gasteiger partial charge in [-0.25, -0.2) is 4.79 Å². The van der Waals surface area contributed by atoms with Crippen LogP contribution in [0.5, 0.6) is 0 Å². The molecule has 1 aromatic heterocycles. The molecule has 2 aliphatic rings. The summed E-state index contributed by atoms with van der Waals surface area (Å²) in [5.74, 6) is 0.0466. The van der Waals surface area contributed by atoms with Crippen molar-refractivity contribution in [2.45, 2.75) is 108 Å². The molecular formula is C30H46N2O8SSi2. The summed E-state index contributed by atoms with van der Waals surface area (Å²) in [7, 11) is -6.32. The molecular weight excluding hydrogens is 605 g/mol. The second-order valence-electron chi connectivity index (χ2n) is 12.6. The zero-order valence-corrected chi connectivity index (χ0v) is 29.4. The molecule has 2 aromatic rings. The van der Waals surface area contributed by atoms with Gasteiger partial charge < -0.3 is 22.4 Å². The molecule has 5 atom stereocenters. The molecule has 2 saturated heterocycles. The van der Waals surface area contributed by atoms with Gasteiger partial charge in [0.05, 0.1) is 5.94 Å². The highest BCUT2D eigenvalue weighted by molar-refractivity contribution is 7.98. The first-order valence-corrected chi connectivity index (χ1v) is 20.3. The van der Waals surface area contributed by atoms with E-state index in [0.717, 1.165) is 0 Å². The van der Waals surface area contributed by atoms with Crippen molar-refractivity contribution < 1.29 is 27.2 Å². The summed E-state index contributed by atoms with van der Waals surface area (Å²) < 4.78 is 36.3. The molecule has 4 rings (SSSR count). The van der Waals surface area contributed by atoms with Crippen LogP contribution in [0.1, 0.15) is 72.0 Å². The minimum atomic E-state index is -3.19. The summed E-state index contributed by atoms with van der Waals surface area (Å²) in [6.07, 6.45) is -1.27. The second-order valence-corrected chi connectivity index (χ2v) is 22.2. The largest absolute Gasteiger partial charge is 0.414 e. The van der Waals surface area contributed by atoms with Crippen molar-refractivity contribution in [1.82, 2.24) is 9.55 Å². The van der Waals surface area contributed by atoms with Gasteiger partial charge in [-0.2, -0.15) is 0 Å². The molecule has 2 aliphatic heterocycles. The standard InChI is InChI=1S/C30H46N2O8SSi2/c1-18(2)42(19(3)4)38-25(24(34)22-13-11-10-12-14-22)26-27(39-43(40-42,20(5)6)21(7)8)28(36-17-41-9)29(37-26)32-16-15-23(33)31-30(32)35/h10-16,18-21,25-29H,17H2,1-9H3,(H,31,33,35)/t25?,26-,27-,28-,29-/m1/s1. The molecule has 13 heteroatoms. The van der Waals surface area contributed by atoms with Crippen molar-refractivity contribution in [3.05, 3.63) is 69.0 Å². The highest BCUT2D eigenvalue weighted by Crippen LogP contribution is 2.50. The Hall–Kier alpha value is -1.85. The van der Waals surface area contributed by atoms with Crippen molar-refractivity contribution in [1.29, 1.82) is 0 Å². The average Bonchev–Trinajstić information content (AvgIpc) is 3.28. The molecule has 3 heterocycles. The third-order valence-corrected chi connectivity index (χ3v) is 19.1. The number of rotatable bonds is 10. The highest BCUT2D eigenvalue weighted by Gasteiger charge is 2.65. The van der Waals surface area contributed by atoms with Gasteiger partial charge in [-0.15, -0.1) is 11.8 Å². The Balaban J connectivity index is 1.98. The first-order chi connectivity index (χ1) is 20.3. The van der Waals surface area contributed by atoms with E-state index in [4.69, 9.17) is 22.4 Å². The van der Waals surface area contributed by atoms with E-state index in [1.807, 2.05) is 24.5 Å². The number of carbonyl (C=O) groups is 1. The molecule has 0 bridgehead atoms. The van der Waals surface area contributed by atoms with Crippen molar-refractivity contribution in [2.24, 2.45) is 0 Å². The zero-order chi connectivity index (χ0) is 31.7. The molecule has 1 N–H and O–H groups in total. The Kier molecular flexibility index (Phi) is 10.8. The van der Waals surface area contributed by atoms with E-state index < -0.39 is 59.0 Å². The summed E-state index contributed by atoms with van der Waals surface area (Å²) >= 11 is 1.48. The van der Waals surface area contributed by atoms with Crippen LogP contribution in [0.3, 0.4) is 0 Å². The summed E-state index contributed by atoms with van der Waals surface area (Å²) in [5.41, 5.74) is -0.647. The summed E-state index contributed by atoms with van der Waals surface area (Å²) in [6.45, 7) is 16.9. The number of hydrogen-bond acceptors (Lipinski definition) is 9. The van der Waals surface area contributed by atoms with Gasteiger partial charge in [0.2, 0.25) is 0 Å². The molecule has 238 valence electrons. The molecule has 0 spiro atoms. The second kappa shape index (κ2) is 13.6. The first-order valence-electron chi connectivity index (χ1n) is 15.0. The van der Waals surface area contributed by atoms with E-state index in [0.29, 0.717) is 11.5 Å². The minimum Gasteiger partial charge on any atom is -0.414 e. The summed E-state index contributed by atoms with van der Waals surface area (Å²) in [5, 5.41) is 0. The lowest BCUT2D eigenvalue weighted by Gasteiger charge is -2.53. The number of thioether (sulfide) groups is 1. The number of nitrogens with one attached hydrogen (secondary N) is 1. The molecule has 0 amide bonds. The van der Waals surface area contributed by atoms with Crippen LogP contribution in [0.4, 0.5) is 0 Å². The fourth-order valence-corrected chi connectivity index (χ4v) is 17.8. The van der Waals surface area contributed by atoms with Gasteiger partial charge in [-0.3, -0.25) is 19.1 Å². The number of nitrogens with zero attached hydrogens (tertiary/aromatic N) is 1. The van der Waals surface area contributed by atoms with Gasteiger partial charge in [0, 0.05) is 17.8 Å². The van der Waals surface area contributed by atoms with Crippen LogP contribution in [0.25, 0.3) is 0 Å². The number of benzene rings is 1. The quantitative estimate of drug-likeness (QED) is 0.206. The Morgan fingerprint density at radius 2 is 1.49 bits per heavy atom. The van der Waals surface area contributed by atoms with E-state index >= 15 is 0 Å². The number of H-pyrrole nitrogens is 1. The Morgan fingerprint density at radius 1 is 0.907 bits per heavy atom. The molecule has 43 heavy (non-hydrogen) atoms. The van der Waals surface area contributed by atoms with Crippen molar-refractivity contribution in [3.8, 4) is 0 Å². The summed E-state index contributed by atoms with van der Waals surface area (Å²) in [6, 6.07) is 10.3. The van der Waals surface area contributed by atoms with Gasteiger partial charge in [0.1, 0.15) is 24.4 Å². The lowest BCUT2D eigenvalue weighted by atomic mass is 9.98. The average molecular weight is 651 g/mol. The molecule has 1 unspecified atom stereocenters. The highest BCUT2D eigenvalue weighted by atomic mass is 32.2. The maximum Gasteiger partial charge on any atom is 0.335 e. The molecule has 10 nitrogen and oxygen atoms in total. The lowest BCUT2D eigenvalue weighted by Crippen LogP contribution is -2.68. The molecule has 0 radical (unpaired) electrons. The summed E-state index contributed by atoms with van der Waals surface area (Å²) in [4.78, 5) is 41.7. The minimum absolute atomic E-state index is 0.00865. The van der Waals surface area contributed by atoms with E-state index in [1.165, 1.54) is 28.6 Å². The number of aromatic nitrogens is 2. The van der Waals surface area contributed by atoms with Crippen LogP contribution < -0.4 is 11.2 Å². The maximum atomic E-state index is 14.4. The number of fused-ring (bicyclic) bond motifs is 1. The normalized spacial score (nSPS) is 27.0. The predicted molar refractivity (Wildman–Crippen MR) is 172 cm³/mol. The Morgan fingerprint density at radius 3 is 2.02 bits per heavy atom. The first kappa shape index (κ1) is 34.0. The van der Waals surface area contributed by atoms with E-state index in [1.54, 1.807) is 12.1 Å². The zero-order valence-electron chi connectivity index (χ0n) is 26.6. The fourth-order valence-electron chi connectivity index (χ4n) is 6.31. The predicted octanol–water partition coefficient (Wildman–Crippen LogP) is 5.35. The SMILES string of the molecule is CSCO[C@@H]1[C@@H]2O[Si](C(C)C)(C(C)C)O[Si](C(C)C)(C(C)C)OC(C(=O)c3ccccc3)[C@H]2O[C@H]1n1ccc(=O)[nH]c1=O. The smallest absolute Gasteiger partial charge is 0.335 e. The molecule has 1 aromatic carbocycles. The monoisotopic (exact) mass is 650 g/mol. The number of ether oxygens (including phenoxy) is 2. The molecule has 2 fully saturated rings. The van der Waals surface area contributed by atoms with Crippen molar-refractivity contribution >= 4 is 34.7 Å². The van der Waals surface area contributed by atoms with Crippen LogP contribution in [0.15, 0.2) is 52.2 Å². The van der Waals surface area contributed by atoms with Gasteiger partial charge in [0.15, 0.2) is 12.0 Å². The third kappa shape index (κ3) is 6.46. The maximum absolute atomic E-state index is 14.4. The topological polar surface area (TPSA) is 118 Å². The number of carbonyl (C=O) groups excluding carboxylic acids is 1. The fraction of sp³-hybridized carbons (Fsp3) is 0.633. The van der Waals surface area contributed by atoms with Crippen LogP contribution in [-0.4, -0.2) is 69.1 Å². The van der Waals surface area contributed by atoms with Gasteiger partial charge >= 0.3 is 22.8 Å². The van der Waals surface area contributed by atoms with Crippen LogP contribution >= 0.6 is 11.8 Å². The van der Waals surface area contributed by atoms with Gasteiger partial charge in [-0.05, 0) is 28.4 Å². The number of Topliss-reactive ketones (excluding diaryl/α,β-unsaturated/α-hetero) is 1. The van der Waals surface area contributed by atoms with Crippen LogP contribution in [0, 0.1) is 0 Å². The van der Waals surface area contributed by atoms with Crippen LogP contribution in [0.2, 0.25) is 22.2 Å². The molecule has 0 aliphatic carbocycles. The number of hydrogen-bond donors (Lipinski definition) is 1. The van der Waals surface area contributed by atoms with E-state index in [9.17, 15) is 14.4 Å². The third-order valence-electron chi connectivity index (χ3n) is 8.51. The number of aromatic amines is 1. The van der Waals surface area contributed by atoms with Gasteiger partial charge in [-0.1, -0.05) is 85.7 Å². The van der Waals surface area contributed by atoms with Crippen LogP contribution in [-0.2, 0) is 22.4 Å². The molecule has 0 saturated carbocycles. The van der Waals surface area contributed by atoms with Crippen molar-refractivity contribution in [2.75, 3.05) is 12.2 Å². The van der Waals surface area contributed by atoms with Crippen molar-refractivity contribution in [3.63, 3.8) is 0 Å². The Labute approximate surface area is 260 Å². The van der Waals surface area contributed by atoms with E-state index in [-0.39, 0.29) is 27.9 Å². The Bertz CT molecular complexity index is 1350. The lowest BCUT2D eigenvalue weighted by molar-refractivity contribution is -0.0839. The van der Waals surface area contributed by atoms with Gasteiger partial charge in [0.25, 0.3) is 5.56 Å². The van der Waals surface area contributed by atoms with E-state index in [2.05, 4.69) is 60.4 Å². The number of ketones is 1.